The molecular weight excluding hydrogens is 218 g/mol. The Balaban J connectivity index is 2.93. The Morgan fingerprint density at radius 1 is 1.53 bits per heavy atom. The fourth-order valence-corrected chi connectivity index (χ4v) is 1.51. The molecule has 1 heterocycles. The van der Waals surface area contributed by atoms with Crippen molar-refractivity contribution >= 4 is 11.9 Å². The van der Waals surface area contributed by atoms with Crippen molar-refractivity contribution in [3.63, 3.8) is 0 Å². The molecule has 0 bridgehead atoms. The van der Waals surface area contributed by atoms with E-state index in [-0.39, 0.29) is 5.69 Å². The van der Waals surface area contributed by atoms with Crippen LogP contribution in [0.2, 0.25) is 0 Å². The summed E-state index contributed by atoms with van der Waals surface area (Å²) in [5.41, 5.74) is 0.715. The monoisotopic (exact) mass is 237 g/mol. The van der Waals surface area contributed by atoms with Gasteiger partial charge in [0.15, 0.2) is 5.69 Å². The van der Waals surface area contributed by atoms with Crippen molar-refractivity contribution in [1.82, 2.24) is 9.97 Å². The van der Waals surface area contributed by atoms with Gasteiger partial charge in [0.2, 0.25) is 5.95 Å². The number of hydrogen-bond donors (Lipinski definition) is 1. The minimum Gasteiger partial charge on any atom is -0.477 e. The van der Waals surface area contributed by atoms with Crippen LogP contribution in [0.4, 0.5) is 5.95 Å². The maximum absolute atomic E-state index is 10.9. The summed E-state index contributed by atoms with van der Waals surface area (Å²) in [5.74, 6) is -0.0196. The zero-order valence-corrected chi connectivity index (χ0v) is 10.8. The highest BCUT2D eigenvalue weighted by Gasteiger charge is 2.13. The van der Waals surface area contributed by atoms with Crippen molar-refractivity contribution in [3.8, 4) is 0 Å². The maximum Gasteiger partial charge on any atom is 0.354 e. The molecule has 17 heavy (non-hydrogen) atoms. The number of carbonyl (C=O) groups is 1. The van der Waals surface area contributed by atoms with Gasteiger partial charge < -0.3 is 10.0 Å². The van der Waals surface area contributed by atoms with E-state index in [1.165, 1.54) is 6.07 Å². The van der Waals surface area contributed by atoms with Crippen LogP contribution in [0.1, 0.15) is 36.5 Å². The second-order valence-electron chi connectivity index (χ2n) is 4.39. The van der Waals surface area contributed by atoms with Gasteiger partial charge >= 0.3 is 5.97 Å². The molecule has 0 radical (unpaired) electrons. The van der Waals surface area contributed by atoms with E-state index in [9.17, 15) is 4.79 Å². The summed E-state index contributed by atoms with van der Waals surface area (Å²) < 4.78 is 0. The van der Waals surface area contributed by atoms with Crippen LogP contribution in [0, 0.1) is 12.8 Å². The van der Waals surface area contributed by atoms with Crippen molar-refractivity contribution in [1.29, 1.82) is 0 Å². The Bertz CT molecular complexity index is 407. The normalized spacial score (nSPS) is 12.2. The Hall–Kier alpha value is -1.65. The molecular formula is C12H19N3O2. The number of carboxylic acids is 1. The molecule has 1 atom stereocenters. The summed E-state index contributed by atoms with van der Waals surface area (Å²) >= 11 is 0. The molecule has 1 unspecified atom stereocenters. The quantitative estimate of drug-likeness (QED) is 0.848. The van der Waals surface area contributed by atoms with E-state index in [0.717, 1.165) is 13.0 Å². The summed E-state index contributed by atoms with van der Waals surface area (Å²) in [6, 6.07) is 1.48. The summed E-state index contributed by atoms with van der Waals surface area (Å²) in [6.45, 7) is 6.86. The zero-order chi connectivity index (χ0) is 13.0. The number of aromatic nitrogens is 2. The van der Waals surface area contributed by atoms with Crippen LogP contribution >= 0.6 is 0 Å². The molecule has 0 aliphatic heterocycles. The van der Waals surface area contributed by atoms with Crippen molar-refractivity contribution in [2.75, 3.05) is 18.5 Å². The van der Waals surface area contributed by atoms with Crippen molar-refractivity contribution in [2.45, 2.75) is 27.2 Å². The molecule has 0 amide bonds. The van der Waals surface area contributed by atoms with Crippen LogP contribution in [0.5, 0.6) is 0 Å². The van der Waals surface area contributed by atoms with E-state index < -0.39 is 5.97 Å². The van der Waals surface area contributed by atoms with Crippen LogP contribution in [-0.2, 0) is 0 Å². The smallest absolute Gasteiger partial charge is 0.354 e. The first-order chi connectivity index (χ1) is 7.93. The predicted octanol–water partition coefficient (Wildman–Crippen LogP) is 1.97. The molecule has 1 N–H and O–H groups in total. The summed E-state index contributed by atoms with van der Waals surface area (Å²) in [6.07, 6.45) is 1.07. The Labute approximate surface area is 102 Å². The minimum atomic E-state index is -1.02. The number of anilines is 1. The Morgan fingerprint density at radius 2 is 2.18 bits per heavy atom. The Morgan fingerprint density at radius 3 is 2.71 bits per heavy atom. The van der Waals surface area contributed by atoms with Crippen LogP contribution in [0.25, 0.3) is 0 Å². The average molecular weight is 237 g/mol. The number of nitrogens with zero attached hydrogens (tertiary/aromatic N) is 3. The third kappa shape index (κ3) is 3.69. The molecule has 0 fully saturated rings. The molecule has 1 rings (SSSR count). The molecule has 0 saturated heterocycles. The minimum absolute atomic E-state index is 0.0449. The lowest BCUT2D eigenvalue weighted by molar-refractivity contribution is 0.0690. The first-order valence-electron chi connectivity index (χ1n) is 5.74. The lowest BCUT2D eigenvalue weighted by atomic mass is 10.1. The van der Waals surface area contributed by atoms with Gasteiger partial charge in [-0.15, -0.1) is 0 Å². The number of carboxylic acid groups (broad SMARTS) is 1. The predicted molar refractivity (Wildman–Crippen MR) is 66.5 cm³/mol. The van der Waals surface area contributed by atoms with Gasteiger partial charge in [0.25, 0.3) is 0 Å². The lowest BCUT2D eigenvalue weighted by Crippen LogP contribution is -2.26. The van der Waals surface area contributed by atoms with Gasteiger partial charge in [-0.1, -0.05) is 20.3 Å². The van der Waals surface area contributed by atoms with Crippen LogP contribution in [-0.4, -0.2) is 34.6 Å². The van der Waals surface area contributed by atoms with Crippen LogP contribution in [0.3, 0.4) is 0 Å². The van der Waals surface area contributed by atoms with Gasteiger partial charge in [0, 0.05) is 19.3 Å². The van der Waals surface area contributed by atoms with Crippen molar-refractivity contribution in [3.05, 3.63) is 17.5 Å². The topological polar surface area (TPSA) is 66.3 Å². The molecule has 0 aromatic carbocycles. The highest BCUT2D eigenvalue weighted by molar-refractivity contribution is 5.85. The lowest BCUT2D eigenvalue weighted by Gasteiger charge is -2.21. The SMILES string of the molecule is CCC(C)CN(C)c1nc(C)cc(C(=O)O)n1. The van der Waals surface area contributed by atoms with E-state index in [1.807, 2.05) is 11.9 Å². The number of aryl methyl sites for hydroxylation is 1. The zero-order valence-electron chi connectivity index (χ0n) is 10.8. The van der Waals surface area contributed by atoms with Gasteiger partial charge in [0.1, 0.15) is 0 Å². The number of rotatable bonds is 5. The molecule has 5 nitrogen and oxygen atoms in total. The van der Waals surface area contributed by atoms with E-state index in [1.54, 1.807) is 6.92 Å². The van der Waals surface area contributed by atoms with Gasteiger partial charge in [-0.2, -0.15) is 0 Å². The highest BCUT2D eigenvalue weighted by atomic mass is 16.4. The molecule has 0 saturated carbocycles. The molecule has 1 aromatic heterocycles. The summed E-state index contributed by atoms with van der Waals surface area (Å²) in [4.78, 5) is 21.1. The van der Waals surface area contributed by atoms with Crippen molar-refractivity contribution < 1.29 is 9.90 Å². The van der Waals surface area contributed by atoms with Gasteiger partial charge in [0.05, 0.1) is 0 Å². The van der Waals surface area contributed by atoms with Gasteiger partial charge in [-0.25, -0.2) is 14.8 Å². The largest absolute Gasteiger partial charge is 0.477 e. The second-order valence-corrected chi connectivity index (χ2v) is 4.39. The fourth-order valence-electron chi connectivity index (χ4n) is 1.51. The van der Waals surface area contributed by atoms with E-state index in [2.05, 4.69) is 23.8 Å². The third-order valence-corrected chi connectivity index (χ3v) is 2.69. The number of aromatic carboxylic acids is 1. The van der Waals surface area contributed by atoms with E-state index in [4.69, 9.17) is 5.11 Å². The first-order valence-corrected chi connectivity index (χ1v) is 5.74. The average Bonchev–Trinajstić information content (AvgIpc) is 2.27. The number of hydrogen-bond acceptors (Lipinski definition) is 4. The molecule has 0 aliphatic rings. The highest BCUT2D eigenvalue weighted by Crippen LogP contribution is 2.12. The standard InChI is InChI=1S/C12H19N3O2/c1-5-8(2)7-15(4)12-13-9(3)6-10(14-12)11(16)17/h6,8H,5,7H2,1-4H3,(H,16,17). The van der Waals surface area contributed by atoms with Gasteiger partial charge in [-0.3, -0.25) is 0 Å². The molecule has 0 spiro atoms. The summed E-state index contributed by atoms with van der Waals surface area (Å²) in [5, 5.41) is 8.93. The molecule has 5 heteroatoms. The van der Waals surface area contributed by atoms with E-state index in [0.29, 0.717) is 17.6 Å². The van der Waals surface area contributed by atoms with Crippen LogP contribution < -0.4 is 4.90 Å². The molecule has 1 aromatic rings. The molecule has 94 valence electrons. The van der Waals surface area contributed by atoms with Gasteiger partial charge in [-0.05, 0) is 18.9 Å². The first kappa shape index (κ1) is 13.4. The summed E-state index contributed by atoms with van der Waals surface area (Å²) in [7, 11) is 1.88. The van der Waals surface area contributed by atoms with E-state index >= 15 is 0 Å². The van der Waals surface area contributed by atoms with Crippen molar-refractivity contribution in [2.24, 2.45) is 5.92 Å². The van der Waals surface area contributed by atoms with Crippen LogP contribution in [0.15, 0.2) is 6.07 Å². The maximum atomic E-state index is 10.9. The Kier molecular flexibility index (Phi) is 4.43. The fraction of sp³-hybridized carbons (Fsp3) is 0.583. The second kappa shape index (κ2) is 5.61. The third-order valence-electron chi connectivity index (χ3n) is 2.69. The molecule has 0 aliphatic carbocycles.